The number of carbonyl (C=O) groups is 1. The number of hydrogen-bond donors (Lipinski definition) is 3. The van der Waals surface area contributed by atoms with E-state index in [2.05, 4.69) is 54.1 Å². The standard InChI is InChI=1S/C49H57N9O6S/c59-47(54-65(62,63)45-27-43(58(60)61)40(31-52-45)51-30-32-7-2-1-3-8-32)39-15-14-35(26-42(39)57-23-24-64-48-44(57)25-34-16-19-50-46(34)53-48)55-21-17-49(18-22-55)28-36(29-49)56-20-6-11-41(56)38-10-5-4-9-37(38)33-12-13-33/h4-5,9-10,14-16,19,25-27,31-33,36,41,51H,1-3,6-8,11-13,17-18,20-24,28-30H2,(H,50,53)(H,54,59). The number of piperidine rings is 1. The van der Waals surface area contributed by atoms with Crippen molar-refractivity contribution in [2.45, 2.75) is 106 Å². The van der Waals surface area contributed by atoms with Gasteiger partial charge in [0.2, 0.25) is 5.88 Å². The van der Waals surface area contributed by atoms with Crippen molar-refractivity contribution in [2.75, 3.05) is 54.4 Å². The number of anilines is 4. The Morgan fingerprint density at radius 1 is 0.908 bits per heavy atom. The van der Waals surface area contributed by atoms with Crippen LogP contribution in [0.15, 0.2) is 78.1 Å². The molecule has 0 radical (unpaired) electrons. The van der Waals surface area contributed by atoms with E-state index in [1.807, 2.05) is 29.2 Å². The smallest absolute Gasteiger partial charge is 0.296 e. The Hall–Kier alpha value is -5.74. The van der Waals surface area contributed by atoms with Gasteiger partial charge in [0.25, 0.3) is 21.6 Å². The van der Waals surface area contributed by atoms with Gasteiger partial charge in [-0.15, -0.1) is 0 Å². The van der Waals surface area contributed by atoms with Crippen LogP contribution in [-0.2, 0) is 10.0 Å². The van der Waals surface area contributed by atoms with E-state index in [-0.39, 0.29) is 11.3 Å². The first-order chi connectivity index (χ1) is 31.6. The fraction of sp³-hybridized carbons (Fsp3) is 0.490. The lowest BCUT2D eigenvalue weighted by molar-refractivity contribution is -0.384. The maximum Gasteiger partial charge on any atom is 0.296 e. The maximum absolute atomic E-state index is 14.3. The third-order valence-corrected chi connectivity index (χ3v) is 16.6. The summed E-state index contributed by atoms with van der Waals surface area (Å²) in [6.07, 6.45) is 18.2. The number of pyridine rings is 2. The lowest BCUT2D eigenvalue weighted by Gasteiger charge is -2.56. The van der Waals surface area contributed by atoms with Gasteiger partial charge in [0.05, 0.1) is 35.0 Å². The average molecular weight is 900 g/mol. The average Bonchev–Trinajstić information content (AvgIpc) is 3.87. The highest BCUT2D eigenvalue weighted by Crippen LogP contribution is 2.55. The number of carbonyl (C=O) groups excluding carboxylic acids is 1. The van der Waals surface area contributed by atoms with Crippen molar-refractivity contribution in [1.29, 1.82) is 0 Å². The molecule has 3 aliphatic carbocycles. The Bertz CT molecular complexity index is 2740. The summed E-state index contributed by atoms with van der Waals surface area (Å²) in [6.45, 7) is 4.15. The van der Waals surface area contributed by atoms with Gasteiger partial charge in [0.1, 0.15) is 23.6 Å². The van der Waals surface area contributed by atoms with Crippen LogP contribution in [0.2, 0.25) is 0 Å². The number of nitrogens with one attached hydrogen (secondary N) is 3. The number of aromatic nitrogens is 3. The van der Waals surface area contributed by atoms with Crippen molar-refractivity contribution in [1.82, 2.24) is 24.6 Å². The number of H-pyrrole nitrogens is 1. The summed E-state index contributed by atoms with van der Waals surface area (Å²) in [6, 6.07) is 20.7. The highest BCUT2D eigenvalue weighted by atomic mass is 32.2. The molecule has 2 saturated heterocycles. The van der Waals surface area contributed by atoms with Crippen molar-refractivity contribution in [3.05, 3.63) is 99.9 Å². The van der Waals surface area contributed by atoms with Gasteiger partial charge in [-0.2, -0.15) is 13.4 Å². The second-order valence-electron chi connectivity index (χ2n) is 19.4. The number of amides is 1. The molecular formula is C49H57N9O6S. The van der Waals surface area contributed by atoms with E-state index in [1.54, 1.807) is 23.4 Å². The number of sulfonamides is 1. The van der Waals surface area contributed by atoms with Crippen LogP contribution in [0.4, 0.5) is 28.4 Å². The minimum atomic E-state index is -4.64. The Kier molecular flexibility index (Phi) is 10.9. The molecule has 0 bridgehead atoms. The van der Waals surface area contributed by atoms with Gasteiger partial charge in [-0.25, -0.2) is 9.71 Å². The molecule has 15 nitrogen and oxygen atoms in total. The molecule has 3 N–H and O–H groups in total. The first kappa shape index (κ1) is 41.9. The van der Waals surface area contributed by atoms with Gasteiger partial charge in [-0.1, -0.05) is 43.5 Å². The van der Waals surface area contributed by atoms with Crippen LogP contribution in [-0.4, -0.2) is 84.5 Å². The molecule has 11 rings (SSSR count). The largest absolute Gasteiger partial charge is 0.474 e. The molecule has 6 aliphatic rings. The summed E-state index contributed by atoms with van der Waals surface area (Å²) in [5.74, 6) is 0.653. The highest BCUT2D eigenvalue weighted by molar-refractivity contribution is 7.90. The van der Waals surface area contributed by atoms with E-state index < -0.39 is 31.6 Å². The fourth-order valence-electron chi connectivity index (χ4n) is 11.7. The normalized spacial score (nSPS) is 21.5. The van der Waals surface area contributed by atoms with Crippen LogP contribution in [0.25, 0.3) is 11.0 Å². The topological polar surface area (TPSA) is 179 Å². The molecule has 3 aliphatic heterocycles. The molecule has 1 atom stereocenters. The Balaban J connectivity index is 0.830. The van der Waals surface area contributed by atoms with Crippen molar-refractivity contribution in [3.63, 3.8) is 0 Å². The first-order valence-electron chi connectivity index (χ1n) is 23.7. The van der Waals surface area contributed by atoms with Crippen molar-refractivity contribution in [3.8, 4) is 5.88 Å². The molecule has 3 saturated carbocycles. The predicted octanol–water partition coefficient (Wildman–Crippen LogP) is 8.97. The lowest BCUT2D eigenvalue weighted by Crippen LogP contribution is -2.55. The molecule has 340 valence electrons. The van der Waals surface area contributed by atoms with Crippen LogP contribution < -0.4 is 24.6 Å². The van der Waals surface area contributed by atoms with Gasteiger partial charge in [0, 0.05) is 49.0 Å². The Morgan fingerprint density at radius 2 is 1.71 bits per heavy atom. The van der Waals surface area contributed by atoms with E-state index in [9.17, 15) is 23.3 Å². The minimum Gasteiger partial charge on any atom is -0.474 e. The second-order valence-corrected chi connectivity index (χ2v) is 21.0. The van der Waals surface area contributed by atoms with Gasteiger partial charge in [0.15, 0.2) is 5.03 Å². The summed E-state index contributed by atoms with van der Waals surface area (Å²) >= 11 is 0. The van der Waals surface area contributed by atoms with Crippen LogP contribution in [0.5, 0.6) is 5.88 Å². The zero-order valence-electron chi connectivity index (χ0n) is 36.7. The number of benzene rings is 2. The van der Waals surface area contributed by atoms with Crippen molar-refractivity contribution in [2.24, 2.45) is 11.3 Å². The number of ether oxygens (including phenoxy) is 1. The monoisotopic (exact) mass is 899 g/mol. The second kappa shape index (κ2) is 16.9. The molecule has 16 heteroatoms. The number of fused-ring (bicyclic) bond motifs is 2. The minimum absolute atomic E-state index is 0.123. The zero-order valence-corrected chi connectivity index (χ0v) is 37.5. The summed E-state index contributed by atoms with van der Waals surface area (Å²) < 4.78 is 35.9. The fourth-order valence-corrected chi connectivity index (χ4v) is 12.6. The number of rotatable bonds is 12. The van der Waals surface area contributed by atoms with E-state index >= 15 is 0 Å². The summed E-state index contributed by atoms with van der Waals surface area (Å²) in [4.78, 5) is 45.0. The summed E-state index contributed by atoms with van der Waals surface area (Å²) in [7, 11) is -4.64. The quantitative estimate of drug-likeness (QED) is 0.0801. The molecule has 65 heavy (non-hydrogen) atoms. The van der Waals surface area contributed by atoms with Crippen molar-refractivity contribution < 1.29 is 22.9 Å². The van der Waals surface area contributed by atoms with Gasteiger partial charge in [-0.3, -0.25) is 19.8 Å². The van der Waals surface area contributed by atoms with Gasteiger partial charge in [-0.05, 0) is 129 Å². The van der Waals surface area contributed by atoms with Gasteiger partial charge >= 0.3 is 0 Å². The molecule has 6 heterocycles. The third-order valence-electron chi connectivity index (χ3n) is 15.4. The molecular weight excluding hydrogens is 843 g/mol. The molecule has 1 spiro atoms. The summed E-state index contributed by atoms with van der Waals surface area (Å²) in [5, 5.41) is 15.6. The maximum atomic E-state index is 14.3. The van der Waals surface area contributed by atoms with E-state index in [1.165, 1.54) is 57.7 Å². The predicted molar refractivity (Wildman–Crippen MR) is 250 cm³/mol. The van der Waals surface area contributed by atoms with Crippen LogP contribution in [0, 0.1) is 21.4 Å². The van der Waals surface area contributed by atoms with Crippen LogP contribution in [0.1, 0.15) is 117 Å². The third kappa shape index (κ3) is 8.17. The van der Waals surface area contributed by atoms with E-state index in [4.69, 9.17) is 9.72 Å². The summed E-state index contributed by atoms with van der Waals surface area (Å²) in [5.41, 5.74) is 6.10. The molecule has 1 unspecified atom stereocenters. The molecule has 1 amide bonds. The SMILES string of the molecule is O=C(NS(=O)(=O)c1cc([N+](=O)[O-])c(NCC2CCCCC2)cn1)c1ccc(N2CCC3(CC2)CC(N2CCCC2c2ccccc2C2CC2)C3)cc1N1CCOc2nc3[nH]ccc3cc21. The van der Waals surface area contributed by atoms with Crippen LogP contribution >= 0.6 is 0 Å². The van der Waals surface area contributed by atoms with Crippen molar-refractivity contribution >= 4 is 55.4 Å². The molecule has 2 aromatic carbocycles. The van der Waals surface area contributed by atoms with Crippen LogP contribution in [0.3, 0.4) is 0 Å². The Labute approximate surface area is 379 Å². The van der Waals surface area contributed by atoms with E-state index in [0.29, 0.717) is 66.0 Å². The number of likely N-dealkylation sites (tertiary alicyclic amines) is 1. The molecule has 3 aromatic heterocycles. The Morgan fingerprint density at radius 3 is 2.49 bits per heavy atom. The number of nitro groups is 1. The molecule has 5 aromatic rings. The first-order valence-corrected chi connectivity index (χ1v) is 25.2. The zero-order chi connectivity index (χ0) is 44.3. The molecule has 5 fully saturated rings. The van der Waals surface area contributed by atoms with E-state index in [0.717, 1.165) is 74.7 Å². The number of nitrogens with zero attached hydrogens (tertiary/aromatic N) is 6. The highest BCUT2D eigenvalue weighted by Gasteiger charge is 2.50. The van der Waals surface area contributed by atoms with Gasteiger partial charge < -0.3 is 24.8 Å². The number of aromatic amines is 1. The lowest BCUT2D eigenvalue weighted by atomic mass is 9.59. The number of hydrogen-bond acceptors (Lipinski definition) is 12.